The third kappa shape index (κ3) is 5.09. The zero-order chi connectivity index (χ0) is 17.2. The fourth-order valence-electron chi connectivity index (χ4n) is 1.44. The molecule has 0 aromatic carbocycles. The molecule has 0 aliphatic rings. The van der Waals surface area contributed by atoms with E-state index in [1.165, 1.54) is 41.5 Å². The van der Waals surface area contributed by atoms with Crippen molar-refractivity contribution in [2.75, 3.05) is 6.54 Å². The lowest BCUT2D eigenvalue weighted by atomic mass is 9.74. The molecule has 0 aromatic rings. The Balaban J connectivity index is 5.20. The van der Waals surface area contributed by atoms with Crippen LogP contribution in [0, 0.1) is 5.41 Å². The lowest BCUT2D eigenvalue weighted by Crippen LogP contribution is -2.61. The summed E-state index contributed by atoms with van der Waals surface area (Å²) in [5, 5.41) is 11.6. The number of carboxylic acids is 1. The number of rotatable bonds is 5. The van der Waals surface area contributed by atoms with Gasteiger partial charge in [0.25, 0.3) is 0 Å². The number of nitrogens with one attached hydrogen (secondary N) is 1. The number of hydrogen-bond acceptors (Lipinski definition) is 2. The van der Waals surface area contributed by atoms with E-state index in [1.807, 2.05) is 0 Å². The van der Waals surface area contributed by atoms with Gasteiger partial charge in [0.15, 0.2) is 0 Å². The monoisotopic (exact) mass is 312 g/mol. The van der Waals surface area contributed by atoms with E-state index < -0.39 is 41.7 Å². The molecular weight excluding hydrogens is 289 g/mol. The maximum absolute atomic E-state index is 12.5. The number of aliphatic carboxylic acids is 1. The van der Waals surface area contributed by atoms with Crippen LogP contribution in [0.5, 0.6) is 0 Å². The van der Waals surface area contributed by atoms with Crippen LogP contribution in [-0.4, -0.2) is 46.3 Å². The summed E-state index contributed by atoms with van der Waals surface area (Å²) in [6.07, 6.45) is -4.52. The van der Waals surface area contributed by atoms with Crippen LogP contribution in [0.1, 0.15) is 41.5 Å². The number of nitrogens with zero attached hydrogens (tertiary/aromatic N) is 1. The second kappa shape index (κ2) is 6.11. The highest BCUT2D eigenvalue weighted by Crippen LogP contribution is 2.31. The molecule has 0 spiro atoms. The Morgan fingerprint density at radius 2 is 1.57 bits per heavy atom. The minimum absolute atomic E-state index is 0.625. The Hall–Kier alpha value is -1.47. The van der Waals surface area contributed by atoms with E-state index in [2.05, 4.69) is 5.32 Å². The van der Waals surface area contributed by atoms with E-state index in [1.54, 1.807) is 0 Å². The van der Waals surface area contributed by atoms with Gasteiger partial charge in [0, 0.05) is 6.04 Å². The number of amides is 2. The molecule has 5 nitrogen and oxygen atoms in total. The molecule has 0 saturated carbocycles. The lowest BCUT2D eigenvalue weighted by Gasteiger charge is -2.41. The van der Waals surface area contributed by atoms with Gasteiger partial charge in [-0.05, 0) is 41.5 Å². The second-order valence-electron chi connectivity index (χ2n) is 6.32. The van der Waals surface area contributed by atoms with Crippen LogP contribution in [-0.2, 0) is 4.79 Å². The van der Waals surface area contributed by atoms with Crippen molar-refractivity contribution in [3.63, 3.8) is 0 Å². The first-order valence-electron chi connectivity index (χ1n) is 6.51. The van der Waals surface area contributed by atoms with Gasteiger partial charge in [-0.2, -0.15) is 13.2 Å². The highest BCUT2D eigenvalue weighted by molar-refractivity contribution is 5.80. The van der Waals surface area contributed by atoms with Crippen molar-refractivity contribution in [2.45, 2.75) is 59.3 Å². The Labute approximate surface area is 122 Å². The Kier molecular flexibility index (Phi) is 5.68. The summed E-state index contributed by atoms with van der Waals surface area (Å²) < 4.78 is 37.5. The summed E-state index contributed by atoms with van der Waals surface area (Å²) in [6, 6.07) is -1.61. The number of urea groups is 1. The third-order valence-corrected chi connectivity index (χ3v) is 3.75. The SMILES string of the molecule is CC(C)N(CC(F)(F)F)C(=O)NC(C)(C)C(C)(C)C(=O)O. The minimum Gasteiger partial charge on any atom is -0.481 e. The van der Waals surface area contributed by atoms with E-state index in [9.17, 15) is 27.9 Å². The molecular formula is C13H23F3N2O3. The van der Waals surface area contributed by atoms with Gasteiger partial charge in [0.05, 0.1) is 11.0 Å². The third-order valence-electron chi connectivity index (χ3n) is 3.75. The van der Waals surface area contributed by atoms with Crippen LogP contribution in [0.3, 0.4) is 0 Å². The molecule has 0 aromatic heterocycles. The Morgan fingerprint density at radius 3 is 1.86 bits per heavy atom. The Bertz CT molecular complexity index is 404. The average Bonchev–Trinajstić information content (AvgIpc) is 2.22. The van der Waals surface area contributed by atoms with Crippen LogP contribution in [0.25, 0.3) is 0 Å². The van der Waals surface area contributed by atoms with Crippen LogP contribution in [0.2, 0.25) is 0 Å². The summed E-state index contributed by atoms with van der Waals surface area (Å²) in [7, 11) is 0. The van der Waals surface area contributed by atoms with Gasteiger partial charge in [-0.25, -0.2) is 4.79 Å². The van der Waals surface area contributed by atoms with Gasteiger partial charge in [0.1, 0.15) is 6.54 Å². The van der Waals surface area contributed by atoms with Crippen molar-refractivity contribution in [1.82, 2.24) is 10.2 Å². The molecule has 2 amide bonds. The first-order chi connectivity index (χ1) is 9.12. The first kappa shape index (κ1) is 19.5. The second-order valence-corrected chi connectivity index (χ2v) is 6.32. The summed E-state index contributed by atoms with van der Waals surface area (Å²) in [6.45, 7) is 7.26. The predicted molar refractivity (Wildman–Crippen MR) is 71.9 cm³/mol. The van der Waals surface area contributed by atoms with Crippen molar-refractivity contribution in [3.05, 3.63) is 0 Å². The number of hydrogen-bond donors (Lipinski definition) is 2. The first-order valence-corrected chi connectivity index (χ1v) is 6.51. The quantitative estimate of drug-likeness (QED) is 0.820. The molecule has 0 bridgehead atoms. The largest absolute Gasteiger partial charge is 0.481 e. The number of carbonyl (C=O) groups excluding carboxylic acids is 1. The number of alkyl halides is 3. The van der Waals surface area contributed by atoms with Gasteiger partial charge in [0.2, 0.25) is 0 Å². The van der Waals surface area contributed by atoms with Crippen molar-refractivity contribution >= 4 is 12.0 Å². The summed E-state index contributed by atoms with van der Waals surface area (Å²) >= 11 is 0. The molecule has 0 fully saturated rings. The van der Waals surface area contributed by atoms with Crippen LogP contribution in [0.4, 0.5) is 18.0 Å². The highest BCUT2D eigenvalue weighted by Gasteiger charge is 2.46. The Morgan fingerprint density at radius 1 is 1.14 bits per heavy atom. The van der Waals surface area contributed by atoms with E-state index in [0.717, 1.165) is 0 Å². The number of carboxylic acid groups (broad SMARTS) is 1. The van der Waals surface area contributed by atoms with E-state index in [-0.39, 0.29) is 0 Å². The van der Waals surface area contributed by atoms with Crippen molar-refractivity contribution in [1.29, 1.82) is 0 Å². The van der Waals surface area contributed by atoms with Gasteiger partial charge >= 0.3 is 18.2 Å². The van der Waals surface area contributed by atoms with Gasteiger partial charge in [-0.1, -0.05) is 0 Å². The summed E-state index contributed by atoms with van der Waals surface area (Å²) in [4.78, 5) is 23.9. The van der Waals surface area contributed by atoms with E-state index >= 15 is 0 Å². The van der Waals surface area contributed by atoms with Crippen molar-refractivity contribution < 1.29 is 27.9 Å². The van der Waals surface area contributed by atoms with Crippen molar-refractivity contribution in [2.24, 2.45) is 5.41 Å². The summed E-state index contributed by atoms with van der Waals surface area (Å²) in [5.74, 6) is -1.15. The predicted octanol–water partition coefficient (Wildman–Crippen LogP) is 2.86. The number of carbonyl (C=O) groups is 2. The van der Waals surface area contributed by atoms with E-state index in [4.69, 9.17) is 0 Å². The fraction of sp³-hybridized carbons (Fsp3) is 0.846. The molecule has 0 rings (SSSR count). The molecule has 0 heterocycles. The van der Waals surface area contributed by atoms with Crippen LogP contribution >= 0.6 is 0 Å². The molecule has 0 atom stereocenters. The van der Waals surface area contributed by atoms with Crippen LogP contribution < -0.4 is 5.32 Å². The van der Waals surface area contributed by atoms with Crippen LogP contribution in [0.15, 0.2) is 0 Å². The fourth-order valence-corrected chi connectivity index (χ4v) is 1.44. The summed E-state index contributed by atoms with van der Waals surface area (Å²) in [5.41, 5.74) is -2.57. The van der Waals surface area contributed by atoms with E-state index in [0.29, 0.717) is 4.90 Å². The van der Waals surface area contributed by atoms with Gasteiger partial charge in [-0.3, -0.25) is 4.79 Å². The molecule has 124 valence electrons. The molecule has 2 N–H and O–H groups in total. The van der Waals surface area contributed by atoms with Gasteiger partial charge in [-0.15, -0.1) is 0 Å². The topological polar surface area (TPSA) is 69.6 Å². The molecule has 8 heteroatoms. The normalized spacial score (nSPS) is 13.2. The highest BCUT2D eigenvalue weighted by atomic mass is 19.4. The average molecular weight is 312 g/mol. The standard InChI is InChI=1S/C13H23F3N2O3/c1-8(2)18(7-13(14,15)16)10(21)17-12(5,6)11(3,4)9(19)20/h8H,7H2,1-6H3,(H,17,21)(H,19,20). The molecule has 0 saturated heterocycles. The molecule has 0 aliphatic carbocycles. The molecule has 0 unspecified atom stereocenters. The minimum atomic E-state index is -4.52. The molecule has 21 heavy (non-hydrogen) atoms. The van der Waals surface area contributed by atoms with Crippen molar-refractivity contribution in [3.8, 4) is 0 Å². The lowest BCUT2D eigenvalue weighted by molar-refractivity contribution is -0.151. The number of halogens is 3. The molecule has 0 radical (unpaired) electrons. The zero-order valence-electron chi connectivity index (χ0n) is 13.1. The smallest absolute Gasteiger partial charge is 0.406 e. The maximum atomic E-state index is 12.5. The van der Waals surface area contributed by atoms with Gasteiger partial charge < -0.3 is 15.3 Å². The maximum Gasteiger partial charge on any atom is 0.406 e. The molecule has 0 aliphatic heterocycles. The zero-order valence-corrected chi connectivity index (χ0v) is 13.1.